The lowest BCUT2D eigenvalue weighted by molar-refractivity contribution is 0.333. The summed E-state index contributed by atoms with van der Waals surface area (Å²) in [4.78, 5) is 8.75. The molecular formula is C17H31IN4. The van der Waals surface area contributed by atoms with Crippen LogP contribution in [0.4, 0.5) is 0 Å². The molecule has 0 aliphatic carbocycles. The lowest BCUT2D eigenvalue weighted by atomic mass is 9.87. The van der Waals surface area contributed by atoms with Gasteiger partial charge in [-0.05, 0) is 24.0 Å². The van der Waals surface area contributed by atoms with Crippen molar-refractivity contribution in [1.82, 2.24) is 10.3 Å². The molecule has 1 rings (SSSR count). The second-order valence-electron chi connectivity index (χ2n) is 6.32. The number of aliphatic imine (C=N–C) groups is 1. The molecule has 5 heteroatoms. The van der Waals surface area contributed by atoms with Crippen LogP contribution in [0.1, 0.15) is 52.1 Å². The van der Waals surface area contributed by atoms with E-state index in [0.717, 1.165) is 25.2 Å². The number of nitrogens with two attached hydrogens (primary N) is 1. The van der Waals surface area contributed by atoms with Gasteiger partial charge in [-0.3, -0.25) is 9.98 Å². The fourth-order valence-corrected chi connectivity index (χ4v) is 2.15. The molecule has 0 fully saturated rings. The molecule has 0 aliphatic heterocycles. The Morgan fingerprint density at radius 3 is 2.73 bits per heavy atom. The highest BCUT2D eigenvalue weighted by molar-refractivity contribution is 14.0. The van der Waals surface area contributed by atoms with Crippen molar-refractivity contribution < 1.29 is 0 Å². The first kappa shape index (κ1) is 21.1. The summed E-state index contributed by atoms with van der Waals surface area (Å²) >= 11 is 0. The molecule has 3 N–H and O–H groups in total. The van der Waals surface area contributed by atoms with Crippen LogP contribution in [0.25, 0.3) is 0 Å². The maximum absolute atomic E-state index is 5.92. The van der Waals surface area contributed by atoms with Crippen LogP contribution in [0.3, 0.4) is 0 Å². The number of nitrogens with one attached hydrogen (secondary N) is 1. The maximum Gasteiger partial charge on any atom is 0.188 e. The van der Waals surface area contributed by atoms with Crippen molar-refractivity contribution in [1.29, 1.82) is 0 Å². The summed E-state index contributed by atoms with van der Waals surface area (Å²) in [6, 6.07) is 5.94. The van der Waals surface area contributed by atoms with Gasteiger partial charge in [0.25, 0.3) is 0 Å². The molecule has 0 saturated carbocycles. The van der Waals surface area contributed by atoms with Gasteiger partial charge in [0.15, 0.2) is 5.96 Å². The van der Waals surface area contributed by atoms with Crippen LogP contribution in [-0.4, -0.2) is 24.0 Å². The molecule has 1 heterocycles. The Hall–Kier alpha value is -0.850. The van der Waals surface area contributed by atoms with Gasteiger partial charge in [-0.2, -0.15) is 0 Å². The highest BCUT2D eigenvalue weighted by Gasteiger charge is 2.16. The van der Waals surface area contributed by atoms with Gasteiger partial charge < -0.3 is 11.1 Å². The van der Waals surface area contributed by atoms with E-state index in [2.05, 4.69) is 36.1 Å². The Balaban J connectivity index is 0.00000441. The van der Waals surface area contributed by atoms with E-state index in [1.165, 1.54) is 25.7 Å². The molecule has 0 spiro atoms. The fourth-order valence-electron chi connectivity index (χ4n) is 2.15. The zero-order valence-corrected chi connectivity index (χ0v) is 16.5. The van der Waals surface area contributed by atoms with E-state index in [1.54, 1.807) is 0 Å². The SMILES string of the molecule is CCCCCC(C)(C)CN=C(N)NCCc1ccccn1.I. The van der Waals surface area contributed by atoms with Crippen molar-refractivity contribution in [3.05, 3.63) is 30.1 Å². The number of aromatic nitrogens is 1. The number of pyridine rings is 1. The number of guanidine groups is 1. The maximum atomic E-state index is 5.92. The van der Waals surface area contributed by atoms with Crippen LogP contribution in [0.2, 0.25) is 0 Å². The molecule has 0 amide bonds. The Kier molecular flexibility index (Phi) is 11.2. The number of hydrogen-bond acceptors (Lipinski definition) is 2. The van der Waals surface area contributed by atoms with Crippen molar-refractivity contribution in [2.75, 3.05) is 13.1 Å². The van der Waals surface area contributed by atoms with Gasteiger partial charge in [-0.1, -0.05) is 46.1 Å². The number of nitrogens with zero attached hydrogens (tertiary/aromatic N) is 2. The summed E-state index contributed by atoms with van der Waals surface area (Å²) in [5, 5.41) is 3.16. The number of hydrogen-bond donors (Lipinski definition) is 2. The van der Waals surface area contributed by atoms with E-state index in [0.29, 0.717) is 5.96 Å². The smallest absolute Gasteiger partial charge is 0.188 e. The van der Waals surface area contributed by atoms with E-state index >= 15 is 0 Å². The van der Waals surface area contributed by atoms with Gasteiger partial charge in [-0.25, -0.2) is 0 Å². The van der Waals surface area contributed by atoms with E-state index in [9.17, 15) is 0 Å². The first-order chi connectivity index (χ1) is 10.0. The Morgan fingerprint density at radius 1 is 1.32 bits per heavy atom. The fraction of sp³-hybridized carbons (Fsp3) is 0.647. The molecule has 0 unspecified atom stereocenters. The molecule has 0 saturated heterocycles. The quantitative estimate of drug-likeness (QED) is 0.278. The first-order valence-corrected chi connectivity index (χ1v) is 7.97. The van der Waals surface area contributed by atoms with E-state index < -0.39 is 0 Å². The van der Waals surface area contributed by atoms with Gasteiger partial charge in [0.2, 0.25) is 0 Å². The van der Waals surface area contributed by atoms with Gasteiger partial charge in [0, 0.05) is 31.4 Å². The van der Waals surface area contributed by atoms with E-state index in [4.69, 9.17) is 5.73 Å². The molecule has 0 bridgehead atoms. The zero-order valence-electron chi connectivity index (χ0n) is 14.1. The molecule has 4 nitrogen and oxygen atoms in total. The van der Waals surface area contributed by atoms with Crippen LogP contribution < -0.4 is 11.1 Å². The van der Waals surface area contributed by atoms with Gasteiger partial charge in [0.05, 0.1) is 0 Å². The van der Waals surface area contributed by atoms with Crippen molar-refractivity contribution >= 4 is 29.9 Å². The standard InChI is InChI=1S/C17H30N4.HI/c1-4-5-7-11-17(2,3)14-21-16(18)20-13-10-15-9-6-8-12-19-15;/h6,8-9,12H,4-5,7,10-11,13-14H2,1-3H3,(H3,18,20,21);1H. The topological polar surface area (TPSA) is 63.3 Å². The monoisotopic (exact) mass is 418 g/mol. The molecule has 0 aliphatic rings. The predicted octanol–water partition coefficient (Wildman–Crippen LogP) is 3.75. The molecule has 22 heavy (non-hydrogen) atoms. The second-order valence-corrected chi connectivity index (χ2v) is 6.32. The average Bonchev–Trinajstić information content (AvgIpc) is 2.47. The summed E-state index contributed by atoms with van der Waals surface area (Å²) in [5.41, 5.74) is 7.21. The summed E-state index contributed by atoms with van der Waals surface area (Å²) in [6.45, 7) is 8.29. The van der Waals surface area contributed by atoms with Gasteiger partial charge in [0.1, 0.15) is 0 Å². The molecule has 126 valence electrons. The largest absolute Gasteiger partial charge is 0.370 e. The minimum atomic E-state index is 0. The highest BCUT2D eigenvalue weighted by Crippen LogP contribution is 2.23. The Bertz CT molecular complexity index is 418. The van der Waals surface area contributed by atoms with Crippen LogP contribution in [0, 0.1) is 5.41 Å². The van der Waals surface area contributed by atoms with Crippen molar-refractivity contribution in [3.63, 3.8) is 0 Å². The summed E-state index contributed by atoms with van der Waals surface area (Å²) in [7, 11) is 0. The Labute approximate surface area is 152 Å². The molecule has 0 atom stereocenters. The lowest BCUT2D eigenvalue weighted by Crippen LogP contribution is -2.34. The number of rotatable bonds is 9. The molecule has 0 radical (unpaired) electrons. The third kappa shape index (κ3) is 9.97. The van der Waals surface area contributed by atoms with Crippen LogP contribution in [-0.2, 0) is 6.42 Å². The lowest BCUT2D eigenvalue weighted by Gasteiger charge is -2.22. The normalized spacial score (nSPS) is 11.9. The van der Waals surface area contributed by atoms with Crippen LogP contribution in [0.15, 0.2) is 29.4 Å². The molecular weight excluding hydrogens is 387 g/mol. The zero-order chi connectivity index (χ0) is 15.6. The molecule has 0 aromatic carbocycles. The second kappa shape index (κ2) is 11.7. The average molecular weight is 418 g/mol. The van der Waals surface area contributed by atoms with Gasteiger partial charge >= 0.3 is 0 Å². The van der Waals surface area contributed by atoms with E-state index in [1.807, 2.05) is 24.4 Å². The summed E-state index contributed by atoms with van der Waals surface area (Å²) in [6.07, 6.45) is 7.70. The molecule has 1 aromatic heterocycles. The van der Waals surface area contributed by atoms with Crippen molar-refractivity contribution in [3.8, 4) is 0 Å². The summed E-state index contributed by atoms with van der Waals surface area (Å²) < 4.78 is 0. The predicted molar refractivity (Wildman–Crippen MR) is 106 cm³/mol. The first-order valence-electron chi connectivity index (χ1n) is 7.97. The van der Waals surface area contributed by atoms with Crippen molar-refractivity contribution in [2.45, 2.75) is 52.9 Å². The minimum Gasteiger partial charge on any atom is -0.370 e. The third-order valence-electron chi connectivity index (χ3n) is 3.55. The Morgan fingerprint density at radius 2 is 2.09 bits per heavy atom. The van der Waals surface area contributed by atoms with Gasteiger partial charge in [-0.15, -0.1) is 24.0 Å². The highest BCUT2D eigenvalue weighted by atomic mass is 127. The third-order valence-corrected chi connectivity index (χ3v) is 3.55. The van der Waals surface area contributed by atoms with E-state index in [-0.39, 0.29) is 29.4 Å². The van der Waals surface area contributed by atoms with Crippen LogP contribution >= 0.6 is 24.0 Å². The number of unbranched alkanes of at least 4 members (excludes halogenated alkanes) is 2. The molecule has 1 aromatic rings. The number of halogens is 1. The minimum absolute atomic E-state index is 0. The summed E-state index contributed by atoms with van der Waals surface area (Å²) in [5.74, 6) is 0.537. The van der Waals surface area contributed by atoms with Crippen LogP contribution in [0.5, 0.6) is 0 Å². The van der Waals surface area contributed by atoms with Crippen molar-refractivity contribution in [2.24, 2.45) is 16.1 Å².